The minimum absolute atomic E-state index is 0.287. The standard InChI is InChI=1S/C17H27N3O3S/c1-5-6-7-13-20(3)17(18-2)19-12-14-23-15-8-10-16(11-9-15)24(4,21)22/h5,8-11H,1,6-7,12-14H2,2-4H3,(H,18,19). The van der Waals surface area contributed by atoms with Crippen molar-refractivity contribution in [2.45, 2.75) is 17.7 Å². The third-order valence-corrected chi connectivity index (χ3v) is 4.51. The molecule has 0 aromatic heterocycles. The number of aliphatic imine (C=N–C) groups is 1. The van der Waals surface area contributed by atoms with Crippen molar-refractivity contribution in [2.24, 2.45) is 4.99 Å². The van der Waals surface area contributed by atoms with Gasteiger partial charge < -0.3 is 15.0 Å². The highest BCUT2D eigenvalue weighted by Crippen LogP contribution is 2.15. The van der Waals surface area contributed by atoms with Crippen molar-refractivity contribution in [2.75, 3.05) is 40.0 Å². The van der Waals surface area contributed by atoms with E-state index in [0.717, 1.165) is 25.3 Å². The van der Waals surface area contributed by atoms with Gasteiger partial charge in [0.1, 0.15) is 12.4 Å². The van der Waals surface area contributed by atoms with E-state index in [0.29, 0.717) is 18.9 Å². The minimum Gasteiger partial charge on any atom is -0.492 e. The number of guanidine groups is 1. The summed E-state index contributed by atoms with van der Waals surface area (Å²) in [7, 11) is 0.562. The number of hydrogen-bond donors (Lipinski definition) is 1. The second-order valence-corrected chi connectivity index (χ2v) is 7.43. The molecule has 1 N–H and O–H groups in total. The number of nitrogens with zero attached hydrogens (tertiary/aromatic N) is 2. The number of rotatable bonds is 9. The van der Waals surface area contributed by atoms with Crippen LogP contribution < -0.4 is 10.1 Å². The highest BCUT2D eigenvalue weighted by molar-refractivity contribution is 7.90. The molecule has 0 fully saturated rings. The van der Waals surface area contributed by atoms with E-state index in [9.17, 15) is 8.42 Å². The fraction of sp³-hybridized carbons (Fsp3) is 0.471. The molecule has 7 heteroatoms. The second-order valence-electron chi connectivity index (χ2n) is 5.42. The van der Waals surface area contributed by atoms with Crippen LogP contribution in [0.25, 0.3) is 0 Å². The molecule has 1 aromatic carbocycles. The van der Waals surface area contributed by atoms with Gasteiger partial charge in [-0.2, -0.15) is 0 Å². The highest BCUT2D eigenvalue weighted by Gasteiger charge is 2.07. The molecule has 0 heterocycles. The molecular formula is C17H27N3O3S. The molecule has 1 aromatic rings. The first-order valence-corrected chi connectivity index (χ1v) is 9.73. The van der Waals surface area contributed by atoms with Crippen LogP contribution in [0, 0.1) is 0 Å². The SMILES string of the molecule is C=CCCCN(C)C(=NC)NCCOc1ccc(S(C)(=O)=O)cc1. The Morgan fingerprint density at radius 3 is 2.58 bits per heavy atom. The molecular weight excluding hydrogens is 326 g/mol. The summed E-state index contributed by atoms with van der Waals surface area (Å²) < 4.78 is 28.4. The first-order valence-electron chi connectivity index (χ1n) is 7.84. The topological polar surface area (TPSA) is 71.0 Å². The number of nitrogens with one attached hydrogen (secondary N) is 1. The molecule has 0 radical (unpaired) electrons. The first-order chi connectivity index (χ1) is 11.4. The Bertz CT molecular complexity index is 640. The lowest BCUT2D eigenvalue weighted by molar-refractivity contribution is 0.319. The molecule has 0 atom stereocenters. The Kier molecular flexibility index (Phi) is 8.32. The van der Waals surface area contributed by atoms with Crippen LogP contribution in [0.4, 0.5) is 0 Å². The van der Waals surface area contributed by atoms with E-state index in [1.807, 2.05) is 13.1 Å². The Balaban J connectivity index is 2.37. The fourth-order valence-corrected chi connectivity index (χ4v) is 2.71. The maximum Gasteiger partial charge on any atom is 0.193 e. The van der Waals surface area contributed by atoms with E-state index in [2.05, 4.69) is 21.8 Å². The van der Waals surface area contributed by atoms with Gasteiger partial charge in [0.05, 0.1) is 11.4 Å². The Labute approximate surface area is 145 Å². The van der Waals surface area contributed by atoms with Gasteiger partial charge in [-0.15, -0.1) is 6.58 Å². The van der Waals surface area contributed by atoms with Gasteiger partial charge in [0, 0.05) is 26.9 Å². The van der Waals surface area contributed by atoms with Gasteiger partial charge in [-0.05, 0) is 37.1 Å². The Morgan fingerprint density at radius 2 is 2.04 bits per heavy atom. The molecule has 24 heavy (non-hydrogen) atoms. The smallest absolute Gasteiger partial charge is 0.193 e. The van der Waals surface area contributed by atoms with E-state index < -0.39 is 9.84 Å². The molecule has 134 valence electrons. The zero-order chi connectivity index (χ0) is 18.0. The van der Waals surface area contributed by atoms with Gasteiger partial charge in [-0.1, -0.05) is 6.08 Å². The average Bonchev–Trinajstić information content (AvgIpc) is 2.54. The Hall–Kier alpha value is -2.02. The molecule has 0 amide bonds. The molecule has 0 spiro atoms. The molecule has 0 aliphatic carbocycles. The van der Waals surface area contributed by atoms with Crippen LogP contribution in [-0.4, -0.2) is 59.3 Å². The highest BCUT2D eigenvalue weighted by atomic mass is 32.2. The van der Waals surface area contributed by atoms with Crippen LogP contribution >= 0.6 is 0 Å². The third kappa shape index (κ3) is 7.04. The zero-order valence-electron chi connectivity index (χ0n) is 14.7. The van der Waals surface area contributed by atoms with Crippen molar-refractivity contribution < 1.29 is 13.2 Å². The van der Waals surface area contributed by atoms with Crippen LogP contribution in [-0.2, 0) is 9.84 Å². The summed E-state index contributed by atoms with van der Waals surface area (Å²) in [5.74, 6) is 1.45. The van der Waals surface area contributed by atoms with Crippen LogP contribution in [0.5, 0.6) is 5.75 Å². The summed E-state index contributed by atoms with van der Waals surface area (Å²) in [6, 6.07) is 6.41. The number of sulfone groups is 1. The molecule has 0 saturated heterocycles. The van der Waals surface area contributed by atoms with Gasteiger partial charge >= 0.3 is 0 Å². The fourth-order valence-electron chi connectivity index (χ4n) is 2.08. The summed E-state index contributed by atoms with van der Waals surface area (Å²) in [5, 5.41) is 3.23. The predicted octanol–water partition coefficient (Wildman–Crippen LogP) is 1.94. The van der Waals surface area contributed by atoms with Gasteiger partial charge in [0.2, 0.25) is 0 Å². The molecule has 6 nitrogen and oxygen atoms in total. The molecule has 1 rings (SSSR count). The maximum absolute atomic E-state index is 11.4. The van der Waals surface area contributed by atoms with Crippen molar-refractivity contribution in [3.63, 3.8) is 0 Å². The minimum atomic E-state index is -3.17. The summed E-state index contributed by atoms with van der Waals surface area (Å²) in [4.78, 5) is 6.58. The summed E-state index contributed by atoms with van der Waals surface area (Å²) >= 11 is 0. The van der Waals surface area contributed by atoms with E-state index in [1.165, 1.54) is 6.26 Å². The van der Waals surface area contributed by atoms with Gasteiger partial charge in [0.15, 0.2) is 15.8 Å². The number of hydrogen-bond acceptors (Lipinski definition) is 4. The molecule has 0 saturated carbocycles. The normalized spacial score (nSPS) is 11.9. The number of unbranched alkanes of at least 4 members (excludes halogenated alkanes) is 1. The molecule has 0 bridgehead atoms. The summed E-state index contributed by atoms with van der Waals surface area (Å²) in [6.07, 6.45) is 5.11. The van der Waals surface area contributed by atoms with Gasteiger partial charge in [-0.3, -0.25) is 4.99 Å². The average molecular weight is 353 g/mol. The van der Waals surface area contributed by atoms with Crippen molar-refractivity contribution >= 4 is 15.8 Å². The van der Waals surface area contributed by atoms with Crippen LogP contribution in [0.1, 0.15) is 12.8 Å². The van der Waals surface area contributed by atoms with Gasteiger partial charge in [0.25, 0.3) is 0 Å². The molecule has 0 aliphatic rings. The van der Waals surface area contributed by atoms with E-state index >= 15 is 0 Å². The van der Waals surface area contributed by atoms with Crippen LogP contribution in [0.2, 0.25) is 0 Å². The lowest BCUT2D eigenvalue weighted by Gasteiger charge is -2.21. The second kappa shape index (κ2) is 9.97. The van der Waals surface area contributed by atoms with E-state index in [4.69, 9.17) is 4.74 Å². The number of benzene rings is 1. The first kappa shape index (κ1) is 20.0. The monoisotopic (exact) mass is 353 g/mol. The van der Waals surface area contributed by atoms with Crippen molar-refractivity contribution in [3.8, 4) is 5.75 Å². The number of ether oxygens (including phenoxy) is 1. The van der Waals surface area contributed by atoms with Crippen LogP contribution in [0.3, 0.4) is 0 Å². The number of allylic oxidation sites excluding steroid dienone is 1. The van der Waals surface area contributed by atoms with Crippen molar-refractivity contribution in [3.05, 3.63) is 36.9 Å². The largest absolute Gasteiger partial charge is 0.492 e. The van der Waals surface area contributed by atoms with Crippen molar-refractivity contribution in [1.82, 2.24) is 10.2 Å². The summed E-state index contributed by atoms with van der Waals surface area (Å²) in [5.41, 5.74) is 0. The third-order valence-electron chi connectivity index (χ3n) is 3.38. The van der Waals surface area contributed by atoms with Crippen LogP contribution in [0.15, 0.2) is 46.8 Å². The van der Waals surface area contributed by atoms with Gasteiger partial charge in [-0.25, -0.2) is 8.42 Å². The molecule has 0 aliphatic heterocycles. The van der Waals surface area contributed by atoms with E-state index in [1.54, 1.807) is 31.3 Å². The van der Waals surface area contributed by atoms with E-state index in [-0.39, 0.29) is 4.90 Å². The summed E-state index contributed by atoms with van der Waals surface area (Å²) in [6.45, 7) is 5.68. The molecule has 0 unspecified atom stereocenters. The lowest BCUT2D eigenvalue weighted by Crippen LogP contribution is -2.41. The predicted molar refractivity (Wildman–Crippen MR) is 98.5 cm³/mol. The Morgan fingerprint density at radius 1 is 1.38 bits per heavy atom. The van der Waals surface area contributed by atoms with Crippen molar-refractivity contribution in [1.29, 1.82) is 0 Å². The maximum atomic E-state index is 11.4. The quantitative estimate of drug-likeness (QED) is 0.318. The zero-order valence-corrected chi connectivity index (χ0v) is 15.5. The lowest BCUT2D eigenvalue weighted by atomic mass is 10.3.